The van der Waals surface area contributed by atoms with E-state index in [1.165, 1.54) is 0 Å². The van der Waals surface area contributed by atoms with Crippen LogP contribution in [0.3, 0.4) is 0 Å². The first-order chi connectivity index (χ1) is 9.66. The van der Waals surface area contributed by atoms with E-state index in [1.54, 1.807) is 0 Å². The summed E-state index contributed by atoms with van der Waals surface area (Å²) in [5, 5.41) is 11.0. The fraction of sp³-hybridized carbons (Fsp3) is 0.533. The molecule has 1 aromatic rings. The van der Waals surface area contributed by atoms with Crippen molar-refractivity contribution in [2.45, 2.75) is 44.8 Å². The Kier molecular flexibility index (Phi) is 5.09. The number of benzene rings is 1. The average molecular weight is 277 g/mol. The molecule has 0 radical (unpaired) electrons. The lowest BCUT2D eigenvalue weighted by Gasteiger charge is -2.24. The SMILES string of the molecule is O=C(C[C@H]1CCCC[C@@H]1[N+](=O)[O-])OCc1ccccc1. The van der Waals surface area contributed by atoms with Crippen molar-refractivity contribution in [2.75, 3.05) is 0 Å². The number of nitrogens with zero attached hydrogens (tertiary/aromatic N) is 1. The normalized spacial score (nSPS) is 22.2. The quantitative estimate of drug-likeness (QED) is 0.471. The number of carbonyl (C=O) groups excluding carboxylic acids is 1. The predicted molar refractivity (Wildman–Crippen MR) is 73.6 cm³/mol. The zero-order chi connectivity index (χ0) is 14.4. The largest absolute Gasteiger partial charge is 0.461 e. The molecule has 1 saturated carbocycles. The highest BCUT2D eigenvalue weighted by Gasteiger charge is 2.35. The molecule has 1 aliphatic rings. The van der Waals surface area contributed by atoms with Crippen LogP contribution in [0.15, 0.2) is 30.3 Å². The maximum atomic E-state index is 11.8. The number of ether oxygens (including phenoxy) is 1. The van der Waals surface area contributed by atoms with E-state index in [-0.39, 0.29) is 29.8 Å². The third kappa shape index (κ3) is 4.05. The molecule has 20 heavy (non-hydrogen) atoms. The minimum Gasteiger partial charge on any atom is -0.461 e. The number of nitro groups is 1. The smallest absolute Gasteiger partial charge is 0.306 e. The van der Waals surface area contributed by atoms with Gasteiger partial charge in [0, 0.05) is 17.3 Å². The standard InChI is InChI=1S/C15H19NO4/c17-15(20-11-12-6-2-1-3-7-12)10-13-8-4-5-9-14(13)16(18)19/h1-3,6-7,13-14H,4-5,8-11H2/t13-,14+/m1/s1. The Morgan fingerprint density at radius 2 is 1.95 bits per heavy atom. The van der Waals surface area contributed by atoms with Crippen LogP contribution in [-0.4, -0.2) is 16.9 Å². The Hall–Kier alpha value is -1.91. The van der Waals surface area contributed by atoms with Crippen molar-refractivity contribution >= 4 is 5.97 Å². The average Bonchev–Trinajstić information content (AvgIpc) is 2.46. The Morgan fingerprint density at radius 3 is 2.65 bits per heavy atom. The lowest BCUT2D eigenvalue weighted by atomic mass is 9.83. The lowest BCUT2D eigenvalue weighted by molar-refractivity contribution is -0.535. The molecule has 0 bridgehead atoms. The molecule has 0 unspecified atom stereocenters. The maximum absolute atomic E-state index is 11.8. The van der Waals surface area contributed by atoms with E-state index < -0.39 is 6.04 Å². The van der Waals surface area contributed by atoms with Crippen molar-refractivity contribution in [3.8, 4) is 0 Å². The monoisotopic (exact) mass is 277 g/mol. The van der Waals surface area contributed by atoms with Gasteiger partial charge in [-0.2, -0.15) is 0 Å². The zero-order valence-electron chi connectivity index (χ0n) is 11.4. The summed E-state index contributed by atoms with van der Waals surface area (Å²) >= 11 is 0. The summed E-state index contributed by atoms with van der Waals surface area (Å²) in [6, 6.07) is 8.84. The predicted octanol–water partition coefficient (Wildman–Crippen LogP) is 2.96. The fourth-order valence-corrected chi connectivity index (χ4v) is 2.71. The van der Waals surface area contributed by atoms with Crippen LogP contribution in [0.2, 0.25) is 0 Å². The number of esters is 1. The molecule has 2 rings (SSSR count). The van der Waals surface area contributed by atoms with Gasteiger partial charge < -0.3 is 4.74 Å². The van der Waals surface area contributed by atoms with Gasteiger partial charge in [0.05, 0.1) is 6.42 Å². The maximum Gasteiger partial charge on any atom is 0.306 e. The van der Waals surface area contributed by atoms with E-state index in [9.17, 15) is 14.9 Å². The first-order valence-electron chi connectivity index (χ1n) is 7.00. The van der Waals surface area contributed by atoms with Crippen molar-refractivity contribution < 1.29 is 14.5 Å². The molecule has 0 aromatic heterocycles. The number of carbonyl (C=O) groups is 1. The van der Waals surface area contributed by atoms with Crippen molar-refractivity contribution in [3.05, 3.63) is 46.0 Å². The zero-order valence-corrected chi connectivity index (χ0v) is 11.4. The van der Waals surface area contributed by atoms with Gasteiger partial charge in [-0.15, -0.1) is 0 Å². The Morgan fingerprint density at radius 1 is 1.25 bits per heavy atom. The topological polar surface area (TPSA) is 69.4 Å². The van der Waals surface area contributed by atoms with E-state index in [0.29, 0.717) is 6.42 Å². The molecule has 0 spiro atoms. The molecule has 108 valence electrons. The van der Waals surface area contributed by atoms with E-state index in [0.717, 1.165) is 24.8 Å². The number of hydrogen-bond acceptors (Lipinski definition) is 4. The van der Waals surface area contributed by atoms with Crippen molar-refractivity contribution in [3.63, 3.8) is 0 Å². The molecular formula is C15H19NO4. The first kappa shape index (κ1) is 14.5. The van der Waals surface area contributed by atoms with Gasteiger partial charge in [0.15, 0.2) is 0 Å². The van der Waals surface area contributed by atoms with Crippen molar-refractivity contribution in [1.29, 1.82) is 0 Å². The molecule has 0 heterocycles. The second-order valence-electron chi connectivity index (χ2n) is 5.25. The van der Waals surface area contributed by atoms with Gasteiger partial charge >= 0.3 is 5.97 Å². The minimum atomic E-state index is -0.590. The summed E-state index contributed by atoms with van der Waals surface area (Å²) in [6.45, 7) is 0.232. The van der Waals surface area contributed by atoms with Gasteiger partial charge in [0.2, 0.25) is 6.04 Å². The first-order valence-corrected chi connectivity index (χ1v) is 7.00. The van der Waals surface area contributed by atoms with Gasteiger partial charge in [-0.05, 0) is 18.4 Å². The molecular weight excluding hydrogens is 258 g/mol. The second kappa shape index (κ2) is 7.03. The summed E-state index contributed by atoms with van der Waals surface area (Å²) in [6.07, 6.45) is 3.30. The number of hydrogen-bond donors (Lipinski definition) is 0. The van der Waals surface area contributed by atoms with Crippen LogP contribution < -0.4 is 0 Å². The molecule has 1 fully saturated rings. The van der Waals surface area contributed by atoms with Crippen LogP contribution in [-0.2, 0) is 16.1 Å². The molecule has 0 aliphatic heterocycles. The van der Waals surface area contributed by atoms with Crippen LogP contribution in [0.4, 0.5) is 0 Å². The van der Waals surface area contributed by atoms with Crippen molar-refractivity contribution in [1.82, 2.24) is 0 Å². The highest BCUT2D eigenvalue weighted by Crippen LogP contribution is 2.29. The summed E-state index contributed by atoms with van der Waals surface area (Å²) in [5.41, 5.74) is 0.926. The molecule has 0 saturated heterocycles. The third-order valence-electron chi connectivity index (χ3n) is 3.81. The van der Waals surface area contributed by atoms with Gasteiger partial charge in [0.25, 0.3) is 0 Å². The fourth-order valence-electron chi connectivity index (χ4n) is 2.71. The van der Waals surface area contributed by atoms with Crippen LogP contribution in [0.1, 0.15) is 37.7 Å². The summed E-state index contributed by atoms with van der Waals surface area (Å²) in [5.74, 6) is -0.519. The number of rotatable bonds is 5. The summed E-state index contributed by atoms with van der Waals surface area (Å²) in [7, 11) is 0. The van der Waals surface area contributed by atoms with E-state index in [1.807, 2.05) is 30.3 Å². The minimum absolute atomic E-state index is 0.151. The Bertz CT molecular complexity index is 460. The van der Waals surface area contributed by atoms with Crippen LogP contribution in [0.25, 0.3) is 0 Å². The lowest BCUT2D eigenvalue weighted by Crippen LogP contribution is -2.33. The van der Waals surface area contributed by atoms with Gasteiger partial charge in [-0.25, -0.2) is 0 Å². The summed E-state index contributed by atoms with van der Waals surface area (Å²) < 4.78 is 5.20. The van der Waals surface area contributed by atoms with E-state index in [2.05, 4.69) is 0 Å². The molecule has 0 amide bonds. The van der Waals surface area contributed by atoms with Gasteiger partial charge in [-0.1, -0.05) is 36.8 Å². The highest BCUT2D eigenvalue weighted by molar-refractivity contribution is 5.69. The summed E-state index contributed by atoms with van der Waals surface area (Å²) in [4.78, 5) is 22.5. The molecule has 1 aliphatic carbocycles. The molecule has 5 heteroatoms. The Balaban J connectivity index is 1.82. The molecule has 1 aromatic carbocycles. The second-order valence-corrected chi connectivity index (χ2v) is 5.25. The van der Waals surface area contributed by atoms with Crippen LogP contribution in [0, 0.1) is 16.0 Å². The molecule has 5 nitrogen and oxygen atoms in total. The van der Waals surface area contributed by atoms with Crippen LogP contribution in [0.5, 0.6) is 0 Å². The Labute approximate surface area is 118 Å². The van der Waals surface area contributed by atoms with E-state index >= 15 is 0 Å². The van der Waals surface area contributed by atoms with Crippen molar-refractivity contribution in [2.24, 2.45) is 5.92 Å². The van der Waals surface area contributed by atoms with E-state index in [4.69, 9.17) is 4.74 Å². The molecule has 0 N–H and O–H groups in total. The molecule has 2 atom stereocenters. The van der Waals surface area contributed by atoms with Crippen LogP contribution >= 0.6 is 0 Å². The van der Waals surface area contributed by atoms with Gasteiger partial charge in [-0.3, -0.25) is 14.9 Å². The van der Waals surface area contributed by atoms with Gasteiger partial charge in [0.1, 0.15) is 6.61 Å². The third-order valence-corrected chi connectivity index (χ3v) is 3.81. The highest BCUT2D eigenvalue weighted by atomic mass is 16.6.